The largest absolute Gasteiger partial charge is 0.481 e. The molecule has 2 N–H and O–H groups in total. The Morgan fingerprint density at radius 1 is 0.857 bits per heavy atom. The molecule has 0 bridgehead atoms. The highest BCUT2D eigenvalue weighted by Crippen LogP contribution is 2.27. The van der Waals surface area contributed by atoms with Gasteiger partial charge in [0.2, 0.25) is 0 Å². The lowest BCUT2D eigenvalue weighted by molar-refractivity contribution is -0.137. The molecule has 0 heterocycles. The Labute approximate surface area is 122 Å². The van der Waals surface area contributed by atoms with Crippen molar-refractivity contribution in [2.75, 3.05) is 18.0 Å². The van der Waals surface area contributed by atoms with Crippen molar-refractivity contribution in [3.63, 3.8) is 0 Å². The van der Waals surface area contributed by atoms with Gasteiger partial charge in [-0.1, -0.05) is 36.4 Å². The Balaban J connectivity index is 2.32. The van der Waals surface area contributed by atoms with Gasteiger partial charge in [-0.25, -0.2) is 0 Å². The number of carbonyl (C=O) groups is 2. The maximum atomic E-state index is 10.8. The fourth-order valence-corrected chi connectivity index (χ4v) is 2.30. The summed E-state index contributed by atoms with van der Waals surface area (Å²) < 4.78 is 0. The lowest BCUT2D eigenvalue weighted by Gasteiger charge is -2.25. The van der Waals surface area contributed by atoms with Gasteiger partial charge in [0, 0.05) is 24.2 Å². The van der Waals surface area contributed by atoms with Gasteiger partial charge >= 0.3 is 11.9 Å². The van der Waals surface area contributed by atoms with Crippen molar-refractivity contribution in [1.82, 2.24) is 0 Å². The van der Waals surface area contributed by atoms with E-state index in [9.17, 15) is 9.59 Å². The summed E-state index contributed by atoms with van der Waals surface area (Å²) in [5.41, 5.74) is 0.871. The Morgan fingerprint density at radius 3 is 2.05 bits per heavy atom. The van der Waals surface area contributed by atoms with Gasteiger partial charge in [-0.2, -0.15) is 0 Å². The number of hydrogen-bond donors (Lipinski definition) is 2. The van der Waals surface area contributed by atoms with Gasteiger partial charge < -0.3 is 15.1 Å². The molecule has 0 aliphatic heterocycles. The summed E-state index contributed by atoms with van der Waals surface area (Å²) in [6.45, 7) is 0.577. The predicted octanol–water partition coefficient (Wildman–Crippen LogP) is 2.60. The number of carboxylic acid groups (broad SMARTS) is 2. The summed E-state index contributed by atoms with van der Waals surface area (Å²) in [5, 5.41) is 19.8. The number of fused-ring (bicyclic) bond motifs is 1. The molecule has 21 heavy (non-hydrogen) atoms. The molecule has 0 radical (unpaired) electrons. The average molecular weight is 287 g/mol. The van der Waals surface area contributed by atoms with Gasteiger partial charge in [-0.3, -0.25) is 9.59 Å². The van der Waals surface area contributed by atoms with Gasteiger partial charge in [0.1, 0.15) is 0 Å². The monoisotopic (exact) mass is 287 g/mol. The van der Waals surface area contributed by atoms with Crippen LogP contribution in [0.3, 0.4) is 0 Å². The van der Waals surface area contributed by atoms with Gasteiger partial charge in [-0.15, -0.1) is 0 Å². The smallest absolute Gasteiger partial charge is 0.305 e. The molecule has 0 saturated heterocycles. The van der Waals surface area contributed by atoms with Crippen LogP contribution in [0.4, 0.5) is 5.69 Å². The Kier molecular flexibility index (Phi) is 4.77. The minimum absolute atomic E-state index is 0.0250. The third-order valence-electron chi connectivity index (χ3n) is 3.30. The van der Waals surface area contributed by atoms with Crippen LogP contribution >= 0.6 is 0 Å². The SMILES string of the molecule is O=C(O)CCN(CCC(=O)O)c1cccc2ccccc12. The molecular weight excluding hydrogens is 270 g/mol. The Bertz CT molecular complexity index is 630. The molecule has 2 rings (SSSR count). The van der Waals surface area contributed by atoms with E-state index in [-0.39, 0.29) is 25.9 Å². The first kappa shape index (κ1) is 14.8. The second-order valence-electron chi connectivity index (χ2n) is 4.77. The second kappa shape index (κ2) is 6.74. The topological polar surface area (TPSA) is 77.8 Å². The number of aliphatic carboxylic acids is 2. The molecule has 110 valence electrons. The number of nitrogens with zero attached hydrogens (tertiary/aromatic N) is 1. The first-order valence-corrected chi connectivity index (χ1v) is 6.74. The van der Waals surface area contributed by atoms with Crippen molar-refractivity contribution >= 4 is 28.4 Å². The highest BCUT2D eigenvalue weighted by Gasteiger charge is 2.13. The van der Waals surface area contributed by atoms with Crippen molar-refractivity contribution in [2.45, 2.75) is 12.8 Å². The summed E-state index contributed by atoms with van der Waals surface area (Å²) >= 11 is 0. The zero-order valence-corrected chi connectivity index (χ0v) is 11.5. The fourth-order valence-electron chi connectivity index (χ4n) is 2.30. The standard InChI is InChI=1S/C16H17NO4/c18-15(19)8-10-17(11-9-16(20)21)14-7-3-5-12-4-1-2-6-13(12)14/h1-7H,8-11H2,(H,18,19)(H,20,21). The van der Waals surface area contributed by atoms with Crippen LogP contribution in [-0.4, -0.2) is 35.2 Å². The molecule has 2 aromatic carbocycles. The average Bonchev–Trinajstić information content (AvgIpc) is 2.46. The van der Waals surface area contributed by atoms with Crippen LogP contribution in [0.2, 0.25) is 0 Å². The van der Waals surface area contributed by atoms with Gasteiger partial charge in [-0.05, 0) is 11.5 Å². The van der Waals surface area contributed by atoms with Crippen LogP contribution in [0, 0.1) is 0 Å². The first-order valence-electron chi connectivity index (χ1n) is 6.74. The van der Waals surface area contributed by atoms with Crippen molar-refractivity contribution in [3.05, 3.63) is 42.5 Å². The van der Waals surface area contributed by atoms with E-state index in [2.05, 4.69) is 0 Å². The molecule has 2 aromatic rings. The maximum Gasteiger partial charge on any atom is 0.305 e. The Hall–Kier alpha value is -2.56. The van der Waals surface area contributed by atoms with E-state index in [0.717, 1.165) is 16.5 Å². The van der Waals surface area contributed by atoms with E-state index >= 15 is 0 Å². The minimum atomic E-state index is -0.893. The third kappa shape index (κ3) is 3.95. The van der Waals surface area contributed by atoms with Crippen LogP contribution in [0.25, 0.3) is 10.8 Å². The molecule has 0 amide bonds. The molecule has 5 nitrogen and oxygen atoms in total. The number of rotatable bonds is 7. The highest BCUT2D eigenvalue weighted by atomic mass is 16.4. The number of hydrogen-bond acceptors (Lipinski definition) is 3. The molecule has 0 unspecified atom stereocenters. The van der Waals surface area contributed by atoms with Crippen LogP contribution in [-0.2, 0) is 9.59 Å². The molecule has 0 spiro atoms. The molecule has 0 saturated carbocycles. The zero-order chi connectivity index (χ0) is 15.2. The van der Waals surface area contributed by atoms with Crippen molar-refractivity contribution < 1.29 is 19.8 Å². The fraction of sp³-hybridized carbons (Fsp3) is 0.250. The third-order valence-corrected chi connectivity index (χ3v) is 3.30. The van der Waals surface area contributed by atoms with E-state index in [4.69, 9.17) is 10.2 Å². The van der Waals surface area contributed by atoms with Crippen LogP contribution in [0.15, 0.2) is 42.5 Å². The maximum absolute atomic E-state index is 10.8. The van der Waals surface area contributed by atoms with E-state index < -0.39 is 11.9 Å². The summed E-state index contributed by atoms with van der Waals surface area (Å²) in [7, 11) is 0. The van der Waals surface area contributed by atoms with Gasteiger partial charge in [0.15, 0.2) is 0 Å². The quantitative estimate of drug-likeness (QED) is 0.818. The first-order chi connectivity index (χ1) is 10.1. The zero-order valence-electron chi connectivity index (χ0n) is 11.5. The van der Waals surface area contributed by atoms with Gasteiger partial charge in [0.05, 0.1) is 12.8 Å². The Morgan fingerprint density at radius 2 is 1.43 bits per heavy atom. The summed E-state index contributed by atoms with van der Waals surface area (Å²) in [5.74, 6) is -1.79. The highest BCUT2D eigenvalue weighted by molar-refractivity contribution is 5.94. The van der Waals surface area contributed by atoms with E-state index in [1.807, 2.05) is 47.4 Å². The number of benzene rings is 2. The van der Waals surface area contributed by atoms with Gasteiger partial charge in [0.25, 0.3) is 0 Å². The minimum Gasteiger partial charge on any atom is -0.481 e. The molecule has 0 aromatic heterocycles. The lowest BCUT2D eigenvalue weighted by atomic mass is 10.1. The summed E-state index contributed by atoms with van der Waals surface area (Å²) in [6, 6.07) is 13.6. The van der Waals surface area contributed by atoms with Crippen molar-refractivity contribution in [3.8, 4) is 0 Å². The lowest BCUT2D eigenvalue weighted by Crippen LogP contribution is -2.28. The van der Waals surface area contributed by atoms with Crippen LogP contribution in [0.1, 0.15) is 12.8 Å². The second-order valence-corrected chi connectivity index (χ2v) is 4.77. The molecular formula is C16H17NO4. The molecule has 0 aliphatic rings. The van der Waals surface area contributed by atoms with E-state index in [1.165, 1.54) is 0 Å². The van der Waals surface area contributed by atoms with E-state index in [1.54, 1.807) is 0 Å². The van der Waals surface area contributed by atoms with Crippen molar-refractivity contribution in [1.29, 1.82) is 0 Å². The number of carboxylic acids is 2. The van der Waals surface area contributed by atoms with Crippen LogP contribution < -0.4 is 4.90 Å². The molecule has 0 fully saturated rings. The molecule has 0 aliphatic carbocycles. The molecule has 0 atom stereocenters. The summed E-state index contributed by atoms with van der Waals surface area (Å²) in [4.78, 5) is 23.4. The normalized spacial score (nSPS) is 10.5. The van der Waals surface area contributed by atoms with Crippen molar-refractivity contribution in [2.24, 2.45) is 0 Å². The van der Waals surface area contributed by atoms with E-state index in [0.29, 0.717) is 0 Å². The molecule has 5 heteroatoms. The van der Waals surface area contributed by atoms with Crippen LogP contribution in [0.5, 0.6) is 0 Å². The summed E-state index contributed by atoms with van der Waals surface area (Å²) in [6.07, 6.45) is -0.0499. The number of anilines is 1. The predicted molar refractivity (Wildman–Crippen MR) is 80.7 cm³/mol.